The number of carboxylic acid groups (broad SMARTS) is 1. The maximum Gasteiger partial charge on any atom is 0.356 e. The predicted molar refractivity (Wildman–Crippen MR) is 84.6 cm³/mol. The summed E-state index contributed by atoms with van der Waals surface area (Å²) in [6.07, 6.45) is 5.53. The number of aromatic nitrogens is 2. The van der Waals surface area contributed by atoms with Gasteiger partial charge in [0.25, 0.3) is 0 Å². The first-order chi connectivity index (χ1) is 11.1. The Morgan fingerprint density at radius 2 is 2.13 bits per heavy atom. The molecule has 6 nitrogen and oxygen atoms in total. The lowest BCUT2D eigenvalue weighted by molar-refractivity contribution is 0.0691. The Bertz CT molecular complexity index is 686. The smallest absolute Gasteiger partial charge is 0.356 e. The van der Waals surface area contributed by atoms with E-state index in [2.05, 4.69) is 18.0 Å². The number of nitriles is 1. The van der Waals surface area contributed by atoms with Crippen molar-refractivity contribution >= 4 is 5.97 Å². The van der Waals surface area contributed by atoms with Gasteiger partial charge in [-0.3, -0.25) is 0 Å². The molecule has 1 aromatic carbocycles. The predicted octanol–water partition coefficient (Wildman–Crippen LogP) is 3.28. The summed E-state index contributed by atoms with van der Waals surface area (Å²) < 4.78 is 7.29. The first kappa shape index (κ1) is 16.6. The molecule has 1 N–H and O–H groups in total. The molecule has 1 atom stereocenters. The Balaban J connectivity index is 1.91. The third-order valence-electron chi connectivity index (χ3n) is 3.49. The number of imidazole rings is 1. The van der Waals surface area contributed by atoms with Gasteiger partial charge in [-0.1, -0.05) is 13.3 Å². The van der Waals surface area contributed by atoms with E-state index in [0.29, 0.717) is 6.61 Å². The quantitative estimate of drug-likeness (QED) is 0.808. The van der Waals surface area contributed by atoms with Gasteiger partial charge in [-0.2, -0.15) is 5.26 Å². The molecule has 2 rings (SSSR count). The normalized spacial score (nSPS) is 11.7. The van der Waals surface area contributed by atoms with Gasteiger partial charge in [-0.05, 0) is 37.1 Å². The topological polar surface area (TPSA) is 88.1 Å². The molecule has 23 heavy (non-hydrogen) atoms. The van der Waals surface area contributed by atoms with E-state index < -0.39 is 5.97 Å². The van der Waals surface area contributed by atoms with Crippen molar-refractivity contribution in [3.8, 4) is 17.5 Å². The van der Waals surface area contributed by atoms with Crippen LogP contribution >= 0.6 is 0 Å². The highest BCUT2D eigenvalue weighted by molar-refractivity contribution is 5.85. The number of benzene rings is 1. The van der Waals surface area contributed by atoms with E-state index in [1.165, 1.54) is 12.5 Å². The number of rotatable bonds is 8. The fraction of sp³-hybridized carbons (Fsp3) is 0.353. The van der Waals surface area contributed by atoms with Gasteiger partial charge in [0, 0.05) is 17.8 Å². The van der Waals surface area contributed by atoms with E-state index in [1.54, 1.807) is 4.57 Å². The molecule has 0 aliphatic carbocycles. The van der Waals surface area contributed by atoms with Gasteiger partial charge in [0.05, 0.1) is 12.7 Å². The Hall–Kier alpha value is -2.81. The van der Waals surface area contributed by atoms with Crippen LogP contribution in [0.3, 0.4) is 0 Å². The van der Waals surface area contributed by atoms with E-state index >= 15 is 0 Å². The van der Waals surface area contributed by atoms with Crippen molar-refractivity contribution in [2.45, 2.75) is 26.2 Å². The number of hydrogen-bond donors (Lipinski definition) is 1. The molecule has 0 aliphatic rings. The first-order valence-electron chi connectivity index (χ1n) is 7.54. The summed E-state index contributed by atoms with van der Waals surface area (Å²) >= 11 is 0. The van der Waals surface area contributed by atoms with Gasteiger partial charge in [0.1, 0.15) is 12.1 Å². The number of nitrogens with zero attached hydrogens (tertiary/aromatic N) is 3. The van der Waals surface area contributed by atoms with Crippen LogP contribution in [0.1, 0.15) is 36.7 Å². The number of aromatic carboxylic acids is 1. The number of carboxylic acids is 1. The SMILES string of the molecule is CCCC(C#N)CCOc1ccc(-n2cnc(C(=O)O)c2)cc1. The fourth-order valence-corrected chi connectivity index (χ4v) is 2.23. The molecule has 0 saturated heterocycles. The molecule has 1 heterocycles. The Morgan fingerprint density at radius 1 is 1.39 bits per heavy atom. The van der Waals surface area contributed by atoms with Crippen LogP contribution in [-0.2, 0) is 0 Å². The van der Waals surface area contributed by atoms with Crippen LogP contribution in [0.15, 0.2) is 36.8 Å². The van der Waals surface area contributed by atoms with Crippen LogP contribution in [0.2, 0.25) is 0 Å². The minimum atomic E-state index is -1.05. The lowest BCUT2D eigenvalue weighted by Crippen LogP contribution is -2.05. The number of carbonyl (C=O) groups is 1. The van der Waals surface area contributed by atoms with Crippen LogP contribution in [0, 0.1) is 17.2 Å². The third-order valence-corrected chi connectivity index (χ3v) is 3.49. The summed E-state index contributed by atoms with van der Waals surface area (Å²) in [5.41, 5.74) is 0.807. The van der Waals surface area contributed by atoms with Gasteiger partial charge < -0.3 is 14.4 Å². The standard InChI is InChI=1S/C17H19N3O3/c1-2-3-13(10-18)8-9-23-15-6-4-14(5-7-15)20-11-16(17(21)22)19-12-20/h4-7,11-13H,2-3,8-9H2,1H3,(H,21,22). The van der Waals surface area contributed by atoms with Crippen molar-refractivity contribution in [1.29, 1.82) is 5.26 Å². The van der Waals surface area contributed by atoms with Crippen molar-refractivity contribution in [1.82, 2.24) is 9.55 Å². The third kappa shape index (κ3) is 4.58. The molecular formula is C17H19N3O3. The van der Waals surface area contributed by atoms with Crippen LogP contribution in [0.25, 0.3) is 5.69 Å². The highest BCUT2D eigenvalue weighted by Gasteiger charge is 2.08. The maximum absolute atomic E-state index is 10.8. The van der Waals surface area contributed by atoms with Gasteiger partial charge in [0.2, 0.25) is 0 Å². The molecular weight excluding hydrogens is 294 g/mol. The zero-order valence-electron chi connectivity index (χ0n) is 13.0. The van der Waals surface area contributed by atoms with Gasteiger partial charge >= 0.3 is 5.97 Å². The van der Waals surface area contributed by atoms with E-state index in [-0.39, 0.29) is 11.6 Å². The second kappa shape index (κ2) is 7.99. The average molecular weight is 313 g/mol. The second-order valence-corrected chi connectivity index (χ2v) is 5.22. The van der Waals surface area contributed by atoms with Crippen LogP contribution in [0.5, 0.6) is 5.75 Å². The Kier molecular flexibility index (Phi) is 5.75. The largest absolute Gasteiger partial charge is 0.494 e. The first-order valence-corrected chi connectivity index (χ1v) is 7.54. The maximum atomic E-state index is 10.8. The van der Waals surface area contributed by atoms with Gasteiger partial charge in [-0.15, -0.1) is 0 Å². The van der Waals surface area contributed by atoms with Crippen molar-refractivity contribution in [3.63, 3.8) is 0 Å². The lowest BCUT2D eigenvalue weighted by Gasteiger charge is -2.10. The summed E-state index contributed by atoms with van der Waals surface area (Å²) in [5, 5.41) is 17.9. The summed E-state index contributed by atoms with van der Waals surface area (Å²) in [6, 6.07) is 9.59. The van der Waals surface area contributed by atoms with E-state index in [9.17, 15) is 4.79 Å². The van der Waals surface area contributed by atoms with Gasteiger partial charge in [0.15, 0.2) is 5.69 Å². The summed E-state index contributed by atoms with van der Waals surface area (Å²) in [5.74, 6) is -0.289. The second-order valence-electron chi connectivity index (χ2n) is 5.22. The lowest BCUT2D eigenvalue weighted by atomic mass is 10.0. The summed E-state index contributed by atoms with van der Waals surface area (Å²) in [4.78, 5) is 14.6. The fourth-order valence-electron chi connectivity index (χ4n) is 2.23. The molecule has 2 aromatic rings. The monoisotopic (exact) mass is 313 g/mol. The molecule has 6 heteroatoms. The zero-order chi connectivity index (χ0) is 16.7. The van der Waals surface area contributed by atoms with Crippen LogP contribution in [-0.4, -0.2) is 27.2 Å². The zero-order valence-corrected chi connectivity index (χ0v) is 13.0. The molecule has 0 bridgehead atoms. The molecule has 0 aliphatic heterocycles. The van der Waals surface area contributed by atoms with Crippen molar-refractivity contribution in [3.05, 3.63) is 42.5 Å². The van der Waals surface area contributed by atoms with Crippen molar-refractivity contribution in [2.24, 2.45) is 5.92 Å². The number of ether oxygens (including phenoxy) is 1. The minimum Gasteiger partial charge on any atom is -0.494 e. The minimum absolute atomic E-state index is 0.00351. The number of hydrogen-bond acceptors (Lipinski definition) is 4. The van der Waals surface area contributed by atoms with Crippen LogP contribution in [0.4, 0.5) is 0 Å². The highest BCUT2D eigenvalue weighted by Crippen LogP contribution is 2.17. The molecule has 1 unspecified atom stereocenters. The molecule has 1 aromatic heterocycles. The molecule has 120 valence electrons. The average Bonchev–Trinajstić information content (AvgIpc) is 3.05. The molecule has 0 saturated carbocycles. The van der Waals surface area contributed by atoms with E-state index in [4.69, 9.17) is 15.1 Å². The molecule has 0 spiro atoms. The molecule has 0 radical (unpaired) electrons. The summed E-state index contributed by atoms with van der Waals surface area (Å²) in [6.45, 7) is 2.57. The van der Waals surface area contributed by atoms with Crippen molar-refractivity contribution < 1.29 is 14.6 Å². The molecule has 0 amide bonds. The van der Waals surface area contributed by atoms with Crippen LogP contribution < -0.4 is 4.74 Å². The van der Waals surface area contributed by atoms with E-state index in [0.717, 1.165) is 30.7 Å². The van der Waals surface area contributed by atoms with E-state index in [1.807, 2.05) is 24.3 Å². The highest BCUT2D eigenvalue weighted by atomic mass is 16.5. The van der Waals surface area contributed by atoms with Crippen molar-refractivity contribution in [2.75, 3.05) is 6.61 Å². The Labute approximate surface area is 135 Å². The Morgan fingerprint density at radius 3 is 2.70 bits per heavy atom. The molecule has 0 fully saturated rings. The summed E-state index contributed by atoms with van der Waals surface area (Å²) in [7, 11) is 0. The van der Waals surface area contributed by atoms with Gasteiger partial charge in [-0.25, -0.2) is 9.78 Å².